The molecule has 4 rings (SSSR count). The molecule has 0 radical (unpaired) electrons. The van der Waals surface area contributed by atoms with Gasteiger partial charge in [-0.3, -0.25) is 28.6 Å². The van der Waals surface area contributed by atoms with E-state index in [1.54, 1.807) is 51.1 Å². The highest BCUT2D eigenvalue weighted by Crippen LogP contribution is 2.44. The fourth-order valence-electron chi connectivity index (χ4n) is 5.79. The molecule has 2 aromatic carbocycles. The number of esters is 1. The number of benzene rings is 2. The van der Waals surface area contributed by atoms with E-state index < -0.39 is 71.6 Å². The van der Waals surface area contributed by atoms with Crippen LogP contribution in [0.5, 0.6) is 11.5 Å². The molecule has 270 valence electrons. The van der Waals surface area contributed by atoms with Gasteiger partial charge in [0, 0.05) is 49.4 Å². The number of nitrogens with zero attached hydrogens (tertiary/aromatic N) is 2. The van der Waals surface area contributed by atoms with Gasteiger partial charge in [0.15, 0.2) is 11.5 Å². The molecule has 1 amide bonds. The average Bonchev–Trinajstić information content (AvgIpc) is 3.05. The molecule has 3 aromatic rings. The smallest absolute Gasteiger partial charge is 0.323 e. The largest absolute Gasteiger partial charge is 0.503 e. The number of carbonyl (C=O) groups is 3. The van der Waals surface area contributed by atoms with Crippen molar-refractivity contribution in [1.29, 1.82) is 0 Å². The zero-order valence-electron chi connectivity index (χ0n) is 28.7. The minimum Gasteiger partial charge on any atom is -0.503 e. The van der Waals surface area contributed by atoms with Gasteiger partial charge in [0.05, 0.1) is 12.3 Å². The van der Waals surface area contributed by atoms with Crippen molar-refractivity contribution >= 4 is 25.2 Å². The summed E-state index contributed by atoms with van der Waals surface area (Å²) in [6.45, 7) is 8.91. The molecule has 1 aliphatic heterocycles. The molecule has 12 nitrogen and oxygen atoms in total. The molecule has 1 aromatic heterocycles. The van der Waals surface area contributed by atoms with Crippen molar-refractivity contribution in [1.82, 2.24) is 19.9 Å². The lowest BCUT2D eigenvalue weighted by Crippen LogP contribution is -2.51. The van der Waals surface area contributed by atoms with E-state index in [2.05, 4.69) is 10.4 Å². The summed E-state index contributed by atoms with van der Waals surface area (Å²) < 4.78 is 54.4. The lowest BCUT2D eigenvalue weighted by molar-refractivity contribution is -0.149. The van der Waals surface area contributed by atoms with E-state index in [1.807, 2.05) is 11.8 Å². The van der Waals surface area contributed by atoms with Gasteiger partial charge in [-0.2, -0.15) is 0 Å². The lowest BCUT2D eigenvalue weighted by Gasteiger charge is -2.40. The standard InChI is InChI=1S/C35H43F2N4O8P/c1-6-14-40(15-16-50(47,49-26-10-8-7-9-11-26)39-23(5)35(46)48-21(2)3)29-20-41-19-27(32(43)33(44)30(41)31(42)22(29)4)34(45)38-18-24-12-13-25(36)17-28(24)37/h7-13,17,19,21-23,29,44H,6,14-16,18,20H2,1-5H3,(H,38,45)(H,39,47)/t22-,23-,29+,50?/m1/s1. The van der Waals surface area contributed by atoms with Crippen molar-refractivity contribution in [3.05, 3.63) is 93.4 Å². The zero-order valence-corrected chi connectivity index (χ0v) is 29.5. The molecule has 2 heterocycles. The number of ketones is 1. The second-order valence-corrected chi connectivity index (χ2v) is 14.8. The van der Waals surface area contributed by atoms with E-state index >= 15 is 0 Å². The maximum absolute atomic E-state index is 14.3. The summed E-state index contributed by atoms with van der Waals surface area (Å²) >= 11 is 0. The topological polar surface area (TPSA) is 156 Å². The molecule has 0 spiro atoms. The Morgan fingerprint density at radius 3 is 2.44 bits per heavy atom. The number of hydrogen-bond acceptors (Lipinski definition) is 9. The fourth-order valence-corrected chi connectivity index (χ4v) is 7.74. The quantitative estimate of drug-likeness (QED) is 0.146. The Bertz CT molecular complexity index is 1820. The first-order valence-corrected chi connectivity index (χ1v) is 18.2. The van der Waals surface area contributed by atoms with Crippen LogP contribution in [0.4, 0.5) is 8.78 Å². The van der Waals surface area contributed by atoms with Crippen LogP contribution in [0.2, 0.25) is 0 Å². The molecule has 0 saturated heterocycles. The van der Waals surface area contributed by atoms with E-state index in [9.17, 15) is 37.6 Å². The van der Waals surface area contributed by atoms with Gasteiger partial charge in [-0.1, -0.05) is 38.1 Å². The van der Waals surface area contributed by atoms with Gasteiger partial charge in [0.1, 0.15) is 34.7 Å². The van der Waals surface area contributed by atoms with Crippen LogP contribution in [0, 0.1) is 17.6 Å². The maximum Gasteiger partial charge on any atom is 0.323 e. The molecular weight excluding hydrogens is 673 g/mol. The van der Waals surface area contributed by atoms with Crippen LogP contribution >= 0.6 is 7.52 Å². The molecule has 1 aliphatic rings. The van der Waals surface area contributed by atoms with Crippen molar-refractivity contribution in [3.8, 4) is 11.5 Å². The summed E-state index contributed by atoms with van der Waals surface area (Å²) in [6, 6.07) is 9.89. The number of rotatable bonds is 15. The van der Waals surface area contributed by atoms with Crippen LogP contribution in [-0.4, -0.2) is 69.7 Å². The number of carbonyl (C=O) groups excluding carboxylic acids is 3. The molecule has 0 fully saturated rings. The minimum absolute atomic E-state index is 0.0180. The Labute approximate surface area is 289 Å². The van der Waals surface area contributed by atoms with Crippen LogP contribution in [0.3, 0.4) is 0 Å². The van der Waals surface area contributed by atoms with Gasteiger partial charge < -0.3 is 24.3 Å². The van der Waals surface area contributed by atoms with Crippen molar-refractivity contribution in [2.45, 2.75) is 72.3 Å². The lowest BCUT2D eigenvalue weighted by atomic mass is 9.88. The number of aromatic nitrogens is 1. The first kappa shape index (κ1) is 38.4. The van der Waals surface area contributed by atoms with Crippen LogP contribution in [-0.2, 0) is 27.2 Å². The predicted octanol–water partition coefficient (Wildman–Crippen LogP) is 4.88. The van der Waals surface area contributed by atoms with Crippen molar-refractivity contribution < 1.29 is 42.1 Å². The summed E-state index contributed by atoms with van der Waals surface area (Å²) in [5.41, 5.74) is -1.79. The highest BCUT2D eigenvalue weighted by molar-refractivity contribution is 7.57. The monoisotopic (exact) mass is 716 g/mol. The average molecular weight is 717 g/mol. The summed E-state index contributed by atoms with van der Waals surface area (Å²) in [7, 11) is -3.77. The van der Waals surface area contributed by atoms with Crippen LogP contribution < -0.4 is 20.4 Å². The Morgan fingerprint density at radius 2 is 1.80 bits per heavy atom. The number of fused-ring (bicyclic) bond motifs is 1. The number of nitrogens with one attached hydrogen (secondary N) is 2. The van der Waals surface area contributed by atoms with Gasteiger partial charge in [-0.05, 0) is 51.9 Å². The number of halogens is 2. The Kier molecular flexibility index (Phi) is 12.7. The van der Waals surface area contributed by atoms with Crippen molar-refractivity contribution in [3.63, 3.8) is 0 Å². The molecule has 3 N–H and O–H groups in total. The van der Waals surface area contributed by atoms with E-state index in [-0.39, 0.29) is 43.2 Å². The summed E-state index contributed by atoms with van der Waals surface area (Å²) in [6.07, 6.45) is 1.39. The summed E-state index contributed by atoms with van der Waals surface area (Å²) in [4.78, 5) is 54.3. The van der Waals surface area contributed by atoms with E-state index in [0.29, 0.717) is 24.8 Å². The van der Waals surface area contributed by atoms with Gasteiger partial charge in [0.2, 0.25) is 5.43 Å². The molecule has 4 atom stereocenters. The zero-order chi connectivity index (χ0) is 36.7. The number of aromatic hydroxyl groups is 1. The normalized spacial score (nSPS) is 17.6. The Hall–Kier alpha value is -4.39. The Balaban J connectivity index is 1.59. The number of amides is 1. The maximum atomic E-state index is 14.3. The van der Waals surface area contributed by atoms with Gasteiger partial charge in [-0.25, -0.2) is 13.9 Å². The van der Waals surface area contributed by atoms with Crippen molar-refractivity contribution in [2.24, 2.45) is 5.92 Å². The number of ether oxygens (including phenoxy) is 1. The number of Topliss-reactive ketones (excluding diaryl/α,β-unsaturated/α-hetero) is 1. The third-order valence-corrected chi connectivity index (χ3v) is 10.4. The first-order chi connectivity index (χ1) is 23.6. The summed E-state index contributed by atoms with van der Waals surface area (Å²) in [5.74, 6) is -4.97. The number of para-hydroxylation sites is 1. The second-order valence-electron chi connectivity index (χ2n) is 12.5. The van der Waals surface area contributed by atoms with Crippen molar-refractivity contribution in [2.75, 3.05) is 19.3 Å². The van der Waals surface area contributed by atoms with Crippen LogP contribution in [0.1, 0.15) is 67.4 Å². The molecule has 0 aliphatic carbocycles. The first-order valence-electron chi connectivity index (χ1n) is 16.4. The van der Waals surface area contributed by atoms with E-state index in [0.717, 1.165) is 12.1 Å². The number of pyridine rings is 1. The highest BCUT2D eigenvalue weighted by atomic mass is 31.2. The molecular formula is C35H43F2N4O8P. The van der Waals surface area contributed by atoms with Gasteiger partial charge >= 0.3 is 13.5 Å². The van der Waals surface area contributed by atoms with E-state index in [1.165, 1.54) is 17.7 Å². The molecule has 50 heavy (non-hydrogen) atoms. The second kappa shape index (κ2) is 16.5. The summed E-state index contributed by atoms with van der Waals surface area (Å²) in [5, 5.41) is 16.1. The Morgan fingerprint density at radius 1 is 1.10 bits per heavy atom. The molecule has 0 bridgehead atoms. The van der Waals surface area contributed by atoms with E-state index in [4.69, 9.17) is 9.26 Å². The predicted molar refractivity (Wildman–Crippen MR) is 182 cm³/mol. The third kappa shape index (κ3) is 9.23. The molecule has 0 saturated carbocycles. The van der Waals surface area contributed by atoms with Crippen LogP contribution in [0.25, 0.3) is 0 Å². The van der Waals surface area contributed by atoms with Gasteiger partial charge in [-0.15, -0.1) is 0 Å². The molecule has 1 unspecified atom stereocenters. The SMILES string of the molecule is CCCN(CCP(=O)(N[C@H](C)C(=O)OC(C)C)Oc1ccccc1)[C@H]1Cn2cc(C(=O)NCc3ccc(F)cc3F)c(=O)c(O)c2C(=O)[C@@H]1C. The van der Waals surface area contributed by atoms with Crippen LogP contribution in [0.15, 0.2) is 59.5 Å². The third-order valence-electron chi connectivity index (χ3n) is 8.32. The fraction of sp³-hybridized carbons (Fsp3) is 0.429. The highest BCUT2D eigenvalue weighted by Gasteiger charge is 2.40. The van der Waals surface area contributed by atoms with Gasteiger partial charge in [0.25, 0.3) is 5.91 Å². The number of hydrogen-bond donors (Lipinski definition) is 3. The minimum atomic E-state index is -3.77. The molecule has 15 heteroatoms.